The molecule has 0 unspecified atom stereocenters. The summed E-state index contributed by atoms with van der Waals surface area (Å²) in [7, 11) is 0. The summed E-state index contributed by atoms with van der Waals surface area (Å²) in [6, 6.07) is 0. The van der Waals surface area contributed by atoms with Crippen molar-refractivity contribution in [2.24, 2.45) is 0 Å². The third kappa shape index (κ3) is 24.2. The van der Waals surface area contributed by atoms with Gasteiger partial charge in [0, 0.05) is 25.7 Å². The highest BCUT2D eigenvalue weighted by molar-refractivity contribution is 5.85. The summed E-state index contributed by atoms with van der Waals surface area (Å²) >= 11 is 0. The average molecular weight is 443 g/mol. The van der Waals surface area contributed by atoms with Gasteiger partial charge in [0.2, 0.25) is 0 Å². The first-order valence-electron chi connectivity index (χ1n) is 12.1. The third-order valence-corrected chi connectivity index (χ3v) is 5.27. The number of hydrogen-bond acceptors (Lipinski definition) is 5. The van der Waals surface area contributed by atoms with Crippen molar-refractivity contribution in [3.8, 4) is 0 Å². The molecule has 0 aliphatic heterocycles. The van der Waals surface area contributed by atoms with E-state index in [2.05, 4.69) is 0 Å². The standard InChI is InChI=1S/C24H42O7/c25-21(26)17-13-9-5-1-3-7-11-15-19-23(29)31-24(30)20-16-12-8-4-2-6-10-14-18-22(27)28/h1-20H2,(H,25,26)(H,27,28). The van der Waals surface area contributed by atoms with E-state index < -0.39 is 23.9 Å². The van der Waals surface area contributed by atoms with E-state index in [-0.39, 0.29) is 25.7 Å². The zero-order valence-electron chi connectivity index (χ0n) is 19.1. The van der Waals surface area contributed by atoms with Crippen LogP contribution in [-0.2, 0) is 23.9 Å². The molecule has 0 saturated heterocycles. The molecule has 31 heavy (non-hydrogen) atoms. The predicted octanol–water partition coefficient (Wildman–Crippen LogP) is 6.03. The number of hydrogen-bond donors (Lipinski definition) is 2. The van der Waals surface area contributed by atoms with E-state index in [0.717, 1.165) is 103 Å². The Bertz CT molecular complexity index is 458. The summed E-state index contributed by atoms with van der Waals surface area (Å²) in [6.07, 6.45) is 16.3. The van der Waals surface area contributed by atoms with Gasteiger partial charge in [0.25, 0.3) is 0 Å². The number of carbonyl (C=O) groups excluding carboxylic acids is 2. The highest BCUT2D eigenvalue weighted by Crippen LogP contribution is 2.13. The maximum atomic E-state index is 11.7. The fourth-order valence-electron chi connectivity index (χ4n) is 3.44. The molecule has 0 radical (unpaired) electrons. The highest BCUT2D eigenvalue weighted by Gasteiger charge is 2.09. The van der Waals surface area contributed by atoms with Gasteiger partial charge in [-0.2, -0.15) is 0 Å². The monoisotopic (exact) mass is 442 g/mol. The Morgan fingerprint density at radius 3 is 0.871 bits per heavy atom. The molecule has 0 aromatic heterocycles. The number of aliphatic carboxylic acids is 2. The summed E-state index contributed by atoms with van der Waals surface area (Å²) in [5.41, 5.74) is 0. The van der Waals surface area contributed by atoms with Gasteiger partial charge in [-0.05, 0) is 25.7 Å². The third-order valence-electron chi connectivity index (χ3n) is 5.27. The summed E-state index contributed by atoms with van der Waals surface area (Å²) in [4.78, 5) is 44.2. The van der Waals surface area contributed by atoms with Crippen LogP contribution in [0.1, 0.15) is 128 Å². The summed E-state index contributed by atoms with van der Waals surface area (Å²) < 4.78 is 4.86. The van der Waals surface area contributed by atoms with E-state index in [0.29, 0.717) is 0 Å². The van der Waals surface area contributed by atoms with Gasteiger partial charge in [-0.25, -0.2) is 0 Å². The summed E-state index contributed by atoms with van der Waals surface area (Å²) in [6.45, 7) is 0. The molecule has 0 amide bonds. The Hall–Kier alpha value is -1.92. The van der Waals surface area contributed by atoms with Gasteiger partial charge < -0.3 is 14.9 Å². The van der Waals surface area contributed by atoms with Crippen molar-refractivity contribution in [3.05, 3.63) is 0 Å². The number of carboxylic acids is 2. The van der Waals surface area contributed by atoms with E-state index in [1.807, 2.05) is 0 Å². The first kappa shape index (κ1) is 29.1. The van der Waals surface area contributed by atoms with Crippen LogP contribution in [0.15, 0.2) is 0 Å². The number of carbonyl (C=O) groups is 4. The zero-order valence-corrected chi connectivity index (χ0v) is 19.1. The molecule has 7 heteroatoms. The molecule has 0 rings (SSSR count). The molecule has 180 valence electrons. The van der Waals surface area contributed by atoms with Crippen LogP contribution in [0.3, 0.4) is 0 Å². The Morgan fingerprint density at radius 2 is 0.613 bits per heavy atom. The fourth-order valence-corrected chi connectivity index (χ4v) is 3.44. The molecule has 2 N–H and O–H groups in total. The van der Waals surface area contributed by atoms with E-state index >= 15 is 0 Å². The lowest BCUT2D eigenvalue weighted by atomic mass is 10.1. The Morgan fingerprint density at radius 1 is 0.387 bits per heavy atom. The molecule has 0 saturated carbocycles. The lowest BCUT2D eigenvalue weighted by molar-refractivity contribution is -0.159. The highest BCUT2D eigenvalue weighted by atomic mass is 16.6. The number of unbranched alkanes of at least 4 members (excludes halogenated alkanes) is 14. The number of esters is 2. The Labute approximate surface area is 186 Å². The normalized spacial score (nSPS) is 10.7. The van der Waals surface area contributed by atoms with Crippen LogP contribution in [0.5, 0.6) is 0 Å². The van der Waals surface area contributed by atoms with Gasteiger partial charge in [0.15, 0.2) is 0 Å². The molecule has 7 nitrogen and oxygen atoms in total. The van der Waals surface area contributed by atoms with Gasteiger partial charge in [0.1, 0.15) is 0 Å². The summed E-state index contributed by atoms with van der Waals surface area (Å²) in [5.74, 6) is -2.33. The molecular formula is C24H42O7. The van der Waals surface area contributed by atoms with E-state index in [4.69, 9.17) is 14.9 Å². The molecule has 0 bridgehead atoms. The Kier molecular flexibility index (Phi) is 20.0. The molecule has 0 spiro atoms. The minimum Gasteiger partial charge on any atom is -0.481 e. The van der Waals surface area contributed by atoms with Gasteiger partial charge in [-0.15, -0.1) is 0 Å². The largest absolute Gasteiger partial charge is 0.481 e. The predicted molar refractivity (Wildman–Crippen MR) is 119 cm³/mol. The van der Waals surface area contributed by atoms with Crippen molar-refractivity contribution in [2.75, 3.05) is 0 Å². The molecule has 0 atom stereocenters. The van der Waals surface area contributed by atoms with Crippen molar-refractivity contribution in [3.63, 3.8) is 0 Å². The quantitative estimate of drug-likeness (QED) is 0.119. The SMILES string of the molecule is O=C(O)CCCCCCCCCCC(=O)OC(=O)CCCCCCCCCCC(=O)O. The molecule has 0 aromatic rings. The molecule has 0 aliphatic carbocycles. The van der Waals surface area contributed by atoms with Gasteiger partial charge >= 0.3 is 23.9 Å². The molecule has 0 aliphatic rings. The maximum Gasteiger partial charge on any atom is 0.313 e. The fraction of sp³-hybridized carbons (Fsp3) is 0.833. The molecule has 0 fully saturated rings. The minimum atomic E-state index is -0.733. The van der Waals surface area contributed by atoms with Crippen LogP contribution < -0.4 is 0 Å². The van der Waals surface area contributed by atoms with Crippen molar-refractivity contribution in [1.29, 1.82) is 0 Å². The average Bonchev–Trinajstić information content (AvgIpc) is 2.70. The van der Waals surface area contributed by atoms with Crippen LogP contribution in [-0.4, -0.2) is 34.1 Å². The van der Waals surface area contributed by atoms with Crippen molar-refractivity contribution in [2.45, 2.75) is 128 Å². The Balaban J connectivity index is 3.36. The van der Waals surface area contributed by atoms with Gasteiger partial charge in [-0.1, -0.05) is 77.0 Å². The smallest absolute Gasteiger partial charge is 0.313 e. The number of ether oxygens (including phenoxy) is 1. The second-order valence-electron chi connectivity index (χ2n) is 8.29. The van der Waals surface area contributed by atoms with Crippen LogP contribution in [0, 0.1) is 0 Å². The van der Waals surface area contributed by atoms with Crippen LogP contribution in [0.25, 0.3) is 0 Å². The lowest BCUT2D eigenvalue weighted by Gasteiger charge is -2.04. The van der Waals surface area contributed by atoms with Crippen molar-refractivity contribution >= 4 is 23.9 Å². The van der Waals surface area contributed by atoms with E-state index in [1.54, 1.807) is 0 Å². The maximum absolute atomic E-state index is 11.7. The lowest BCUT2D eigenvalue weighted by Crippen LogP contribution is -2.11. The molecule has 0 heterocycles. The van der Waals surface area contributed by atoms with Crippen molar-refractivity contribution in [1.82, 2.24) is 0 Å². The van der Waals surface area contributed by atoms with Crippen LogP contribution >= 0.6 is 0 Å². The van der Waals surface area contributed by atoms with Crippen LogP contribution in [0.2, 0.25) is 0 Å². The van der Waals surface area contributed by atoms with E-state index in [1.165, 1.54) is 0 Å². The topological polar surface area (TPSA) is 118 Å². The van der Waals surface area contributed by atoms with Gasteiger partial charge in [0.05, 0.1) is 0 Å². The first-order chi connectivity index (χ1) is 14.9. The van der Waals surface area contributed by atoms with Crippen LogP contribution in [0.4, 0.5) is 0 Å². The second-order valence-corrected chi connectivity index (χ2v) is 8.29. The number of carboxylic acid groups (broad SMARTS) is 2. The second kappa shape index (κ2) is 21.3. The zero-order chi connectivity index (χ0) is 23.2. The van der Waals surface area contributed by atoms with Gasteiger partial charge in [-0.3, -0.25) is 19.2 Å². The summed E-state index contributed by atoms with van der Waals surface area (Å²) in [5, 5.41) is 17.1. The minimum absolute atomic E-state index is 0.248. The van der Waals surface area contributed by atoms with Crippen molar-refractivity contribution < 1.29 is 34.1 Å². The molecular weight excluding hydrogens is 400 g/mol. The first-order valence-corrected chi connectivity index (χ1v) is 12.1. The molecule has 0 aromatic carbocycles. The van der Waals surface area contributed by atoms with E-state index in [9.17, 15) is 19.2 Å². The number of rotatable bonds is 22.